The van der Waals surface area contributed by atoms with E-state index in [1.807, 2.05) is 23.1 Å². The van der Waals surface area contributed by atoms with Crippen molar-refractivity contribution in [2.75, 3.05) is 39.9 Å². The van der Waals surface area contributed by atoms with Gasteiger partial charge in [0, 0.05) is 38.2 Å². The first-order valence-electron chi connectivity index (χ1n) is 9.30. The van der Waals surface area contributed by atoms with Crippen LogP contribution in [0.5, 0.6) is 11.5 Å². The highest BCUT2D eigenvalue weighted by atomic mass is 16.5. The first kappa shape index (κ1) is 19.0. The fourth-order valence-electron chi connectivity index (χ4n) is 3.06. The Kier molecular flexibility index (Phi) is 6.16. The predicted octanol–water partition coefficient (Wildman–Crippen LogP) is 2.35. The minimum Gasteiger partial charge on any atom is -0.493 e. The van der Waals surface area contributed by atoms with Crippen molar-refractivity contribution in [3.05, 3.63) is 42.5 Å². The van der Waals surface area contributed by atoms with Gasteiger partial charge in [0.05, 0.1) is 7.11 Å². The molecule has 2 aliphatic rings. The lowest BCUT2D eigenvalue weighted by atomic mass is 10.1. The van der Waals surface area contributed by atoms with Gasteiger partial charge in [-0.1, -0.05) is 18.7 Å². The summed E-state index contributed by atoms with van der Waals surface area (Å²) in [5, 5.41) is 0. The van der Waals surface area contributed by atoms with Crippen LogP contribution in [0.4, 0.5) is 0 Å². The van der Waals surface area contributed by atoms with Crippen molar-refractivity contribution >= 4 is 17.9 Å². The van der Waals surface area contributed by atoms with Crippen molar-refractivity contribution in [1.29, 1.82) is 0 Å². The maximum Gasteiger partial charge on any atom is 0.246 e. The lowest BCUT2D eigenvalue weighted by molar-refractivity contribution is -0.138. The van der Waals surface area contributed by atoms with E-state index in [4.69, 9.17) is 9.47 Å². The van der Waals surface area contributed by atoms with Crippen molar-refractivity contribution in [2.24, 2.45) is 5.92 Å². The number of benzene rings is 1. The Labute approximate surface area is 160 Å². The number of hydrogen-bond donors (Lipinski definition) is 0. The number of amides is 2. The molecule has 1 heterocycles. The minimum absolute atomic E-state index is 0.0422. The molecule has 3 rings (SSSR count). The van der Waals surface area contributed by atoms with E-state index in [1.54, 1.807) is 30.2 Å². The third-order valence-corrected chi connectivity index (χ3v) is 4.79. The summed E-state index contributed by atoms with van der Waals surface area (Å²) in [6.07, 6.45) is 7.04. The number of nitrogens with zero attached hydrogens (tertiary/aromatic N) is 2. The molecule has 0 atom stereocenters. The topological polar surface area (TPSA) is 59.1 Å². The highest BCUT2D eigenvalue weighted by Crippen LogP contribution is 2.31. The summed E-state index contributed by atoms with van der Waals surface area (Å²) < 4.78 is 10.9. The van der Waals surface area contributed by atoms with E-state index in [9.17, 15) is 9.59 Å². The van der Waals surface area contributed by atoms with E-state index in [0.717, 1.165) is 18.4 Å². The summed E-state index contributed by atoms with van der Waals surface area (Å²) in [6, 6.07) is 5.51. The van der Waals surface area contributed by atoms with Gasteiger partial charge >= 0.3 is 0 Å². The van der Waals surface area contributed by atoms with Crippen LogP contribution in [0.2, 0.25) is 0 Å². The molecule has 0 aromatic heterocycles. The Balaban J connectivity index is 1.55. The Morgan fingerprint density at radius 1 is 1.15 bits per heavy atom. The largest absolute Gasteiger partial charge is 0.493 e. The van der Waals surface area contributed by atoms with Crippen LogP contribution in [-0.2, 0) is 9.59 Å². The summed E-state index contributed by atoms with van der Waals surface area (Å²) in [7, 11) is 1.58. The summed E-state index contributed by atoms with van der Waals surface area (Å²) >= 11 is 0. The molecule has 2 amide bonds. The summed E-state index contributed by atoms with van der Waals surface area (Å²) in [5.41, 5.74) is 0.855. The number of hydrogen-bond acceptors (Lipinski definition) is 4. The van der Waals surface area contributed by atoms with Gasteiger partial charge in [0.15, 0.2) is 11.5 Å². The van der Waals surface area contributed by atoms with Crippen LogP contribution >= 0.6 is 0 Å². The smallest absolute Gasteiger partial charge is 0.246 e. The van der Waals surface area contributed by atoms with Gasteiger partial charge in [-0.2, -0.15) is 0 Å². The van der Waals surface area contributed by atoms with Crippen molar-refractivity contribution in [1.82, 2.24) is 9.80 Å². The molecule has 0 unspecified atom stereocenters. The van der Waals surface area contributed by atoms with E-state index in [1.165, 1.54) is 0 Å². The zero-order valence-corrected chi connectivity index (χ0v) is 15.7. The number of piperazine rings is 1. The van der Waals surface area contributed by atoms with Crippen molar-refractivity contribution in [3.8, 4) is 11.5 Å². The third kappa shape index (κ3) is 4.90. The lowest BCUT2D eigenvalue weighted by Crippen LogP contribution is -2.50. The molecule has 1 aromatic carbocycles. The molecule has 1 saturated carbocycles. The second-order valence-electron chi connectivity index (χ2n) is 6.77. The fourth-order valence-corrected chi connectivity index (χ4v) is 3.06. The van der Waals surface area contributed by atoms with Crippen LogP contribution in [0.15, 0.2) is 36.9 Å². The van der Waals surface area contributed by atoms with Crippen LogP contribution < -0.4 is 9.47 Å². The van der Waals surface area contributed by atoms with Gasteiger partial charge in [-0.15, -0.1) is 0 Å². The normalized spacial score (nSPS) is 17.1. The van der Waals surface area contributed by atoms with Crippen molar-refractivity contribution in [3.63, 3.8) is 0 Å². The number of rotatable bonds is 7. The SMILES string of the molecule is C=CCOc1ccc(/C=C/C(=O)N2CCN(C(=O)C3CC3)CC2)cc1OC. The first-order chi connectivity index (χ1) is 13.1. The average molecular weight is 370 g/mol. The van der Waals surface area contributed by atoms with Crippen LogP contribution in [0, 0.1) is 5.92 Å². The van der Waals surface area contributed by atoms with Gasteiger partial charge in [-0.3, -0.25) is 9.59 Å². The van der Waals surface area contributed by atoms with Crippen LogP contribution in [0.3, 0.4) is 0 Å². The molecule has 1 aliphatic heterocycles. The fraction of sp³-hybridized carbons (Fsp3) is 0.429. The molecule has 0 spiro atoms. The maximum atomic E-state index is 12.4. The van der Waals surface area contributed by atoms with Gasteiger partial charge < -0.3 is 19.3 Å². The monoisotopic (exact) mass is 370 g/mol. The zero-order chi connectivity index (χ0) is 19.2. The molecule has 1 aliphatic carbocycles. The second kappa shape index (κ2) is 8.75. The molecule has 2 fully saturated rings. The van der Waals surface area contributed by atoms with E-state index in [2.05, 4.69) is 6.58 Å². The number of ether oxygens (including phenoxy) is 2. The molecule has 144 valence electrons. The third-order valence-electron chi connectivity index (χ3n) is 4.79. The molecule has 0 bridgehead atoms. The van der Waals surface area contributed by atoms with Gasteiger partial charge in [0.2, 0.25) is 11.8 Å². The molecular formula is C21H26N2O4. The van der Waals surface area contributed by atoms with Crippen LogP contribution in [0.1, 0.15) is 18.4 Å². The lowest BCUT2D eigenvalue weighted by Gasteiger charge is -2.34. The number of methoxy groups -OCH3 is 1. The van der Waals surface area contributed by atoms with E-state index in [0.29, 0.717) is 44.3 Å². The van der Waals surface area contributed by atoms with Crippen LogP contribution in [0.25, 0.3) is 6.08 Å². The van der Waals surface area contributed by atoms with E-state index >= 15 is 0 Å². The molecule has 6 heteroatoms. The zero-order valence-electron chi connectivity index (χ0n) is 15.7. The molecule has 0 N–H and O–H groups in total. The second-order valence-corrected chi connectivity index (χ2v) is 6.77. The molecule has 1 aromatic rings. The Hall–Kier alpha value is -2.76. The standard InChI is InChI=1S/C21H26N2O4/c1-3-14-27-18-8-4-16(15-19(18)26-2)5-9-20(24)22-10-12-23(13-11-22)21(25)17-6-7-17/h3-5,8-9,15,17H,1,6-7,10-14H2,2H3/b9-5+. The Morgan fingerprint density at radius 2 is 1.85 bits per heavy atom. The molecule has 27 heavy (non-hydrogen) atoms. The van der Waals surface area contributed by atoms with E-state index < -0.39 is 0 Å². The molecular weight excluding hydrogens is 344 g/mol. The Bertz CT molecular complexity index is 732. The maximum absolute atomic E-state index is 12.4. The highest BCUT2D eigenvalue weighted by Gasteiger charge is 2.34. The van der Waals surface area contributed by atoms with Gasteiger partial charge in [0.25, 0.3) is 0 Å². The van der Waals surface area contributed by atoms with E-state index in [-0.39, 0.29) is 17.7 Å². The highest BCUT2D eigenvalue weighted by molar-refractivity contribution is 5.92. The molecule has 6 nitrogen and oxygen atoms in total. The number of carbonyl (C=O) groups excluding carboxylic acids is 2. The Morgan fingerprint density at radius 3 is 2.48 bits per heavy atom. The summed E-state index contributed by atoms with van der Waals surface area (Å²) in [5.74, 6) is 1.69. The van der Waals surface area contributed by atoms with Gasteiger partial charge in [0.1, 0.15) is 6.61 Å². The van der Waals surface area contributed by atoms with Gasteiger partial charge in [-0.05, 0) is 36.6 Å². The number of carbonyl (C=O) groups is 2. The molecule has 1 saturated heterocycles. The quantitative estimate of drug-likeness (QED) is 0.546. The van der Waals surface area contributed by atoms with Crippen LogP contribution in [-0.4, -0.2) is 61.5 Å². The van der Waals surface area contributed by atoms with Crippen molar-refractivity contribution in [2.45, 2.75) is 12.8 Å². The predicted molar refractivity (Wildman–Crippen MR) is 104 cm³/mol. The summed E-state index contributed by atoms with van der Waals surface area (Å²) in [6.45, 7) is 6.44. The van der Waals surface area contributed by atoms with Gasteiger partial charge in [-0.25, -0.2) is 0 Å². The minimum atomic E-state index is -0.0422. The molecule has 0 radical (unpaired) electrons. The first-order valence-corrected chi connectivity index (χ1v) is 9.30. The summed E-state index contributed by atoms with van der Waals surface area (Å²) in [4.78, 5) is 28.2. The average Bonchev–Trinajstić information content (AvgIpc) is 3.55. The van der Waals surface area contributed by atoms with Crippen molar-refractivity contribution < 1.29 is 19.1 Å².